The van der Waals surface area contributed by atoms with Gasteiger partial charge in [0, 0.05) is 24.7 Å². The number of epoxide rings is 1. The van der Waals surface area contributed by atoms with E-state index in [-0.39, 0.29) is 75.4 Å². The molecule has 2 heterocycles. The first kappa shape index (κ1) is 38.0. The maximum absolute atomic E-state index is 12.3. The van der Waals surface area contributed by atoms with Gasteiger partial charge >= 0.3 is 11.9 Å². The molecule has 11 heteroatoms. The number of hydrogen-bond donors (Lipinski definition) is 4. The van der Waals surface area contributed by atoms with Crippen LogP contribution in [-0.4, -0.2) is 99.7 Å². The average Bonchev–Trinajstić information content (AvgIpc) is 3.87. The number of carbonyl (C=O) groups excluding carboxylic acids is 2. The van der Waals surface area contributed by atoms with Gasteiger partial charge in [-0.15, -0.1) is 0 Å². The van der Waals surface area contributed by atoms with Crippen molar-refractivity contribution in [3.63, 3.8) is 0 Å². The summed E-state index contributed by atoms with van der Waals surface area (Å²) in [4.78, 5) is 23.9. The molecule has 0 radical (unpaired) electrons. The molecule has 2 aliphatic heterocycles. The molecule has 5 saturated carbocycles. The zero-order valence-corrected chi connectivity index (χ0v) is 32.2. The molecule has 7 fully saturated rings. The van der Waals surface area contributed by atoms with Crippen LogP contribution in [0.3, 0.4) is 0 Å². The third kappa shape index (κ3) is 5.51. The Hall–Kier alpha value is -1.34. The van der Waals surface area contributed by atoms with Crippen molar-refractivity contribution in [2.45, 2.75) is 181 Å². The highest BCUT2D eigenvalue weighted by Crippen LogP contribution is 2.91. The lowest BCUT2D eigenvalue weighted by Crippen LogP contribution is -2.68. The number of carbonyl (C=O) groups is 2. The Bertz CT molecular complexity index is 1380. The van der Waals surface area contributed by atoms with Crippen molar-refractivity contribution >= 4 is 11.9 Å². The number of aliphatic hydroxyl groups excluding tert-OH is 4. The Morgan fingerprint density at radius 1 is 0.863 bits per heavy atom. The number of esters is 2. The van der Waals surface area contributed by atoms with Gasteiger partial charge in [0.1, 0.15) is 43.2 Å². The van der Waals surface area contributed by atoms with Crippen molar-refractivity contribution < 1.29 is 53.7 Å². The lowest BCUT2D eigenvalue weighted by molar-refractivity contribution is -0.344. The fourth-order valence-corrected chi connectivity index (χ4v) is 14.1. The summed E-state index contributed by atoms with van der Waals surface area (Å²) >= 11 is 0. The van der Waals surface area contributed by atoms with Gasteiger partial charge < -0.3 is 44.1 Å². The highest BCUT2D eigenvalue weighted by atomic mass is 16.7. The highest BCUT2D eigenvalue weighted by Gasteiger charge is 2.85. The number of aliphatic hydroxyl groups is 4. The molecule has 7 aliphatic rings. The summed E-state index contributed by atoms with van der Waals surface area (Å²) in [6.45, 7) is 18.2. The quantitative estimate of drug-likeness (QED) is 0.153. The van der Waals surface area contributed by atoms with Gasteiger partial charge in [0.25, 0.3) is 0 Å². The van der Waals surface area contributed by atoms with Crippen LogP contribution in [0.2, 0.25) is 0 Å². The second-order valence-electron chi connectivity index (χ2n) is 19.6. The first-order valence-corrected chi connectivity index (χ1v) is 19.7. The monoisotopic (exact) mass is 720 g/mol. The van der Waals surface area contributed by atoms with E-state index in [0.29, 0.717) is 24.7 Å². The van der Waals surface area contributed by atoms with E-state index >= 15 is 0 Å². The van der Waals surface area contributed by atoms with Gasteiger partial charge in [0.2, 0.25) is 0 Å². The van der Waals surface area contributed by atoms with Crippen molar-refractivity contribution in [2.24, 2.45) is 50.7 Å². The summed E-state index contributed by atoms with van der Waals surface area (Å²) in [5, 5.41) is 44.3. The van der Waals surface area contributed by atoms with Gasteiger partial charge in [0.15, 0.2) is 6.29 Å². The molecule has 0 aromatic carbocycles. The maximum Gasteiger partial charge on any atom is 0.302 e. The van der Waals surface area contributed by atoms with E-state index in [1.165, 1.54) is 13.8 Å². The normalized spacial score (nSPS) is 51.5. The Balaban J connectivity index is 1.23. The molecule has 5 aliphatic carbocycles. The van der Waals surface area contributed by atoms with Crippen LogP contribution < -0.4 is 0 Å². The predicted octanol–water partition coefficient (Wildman–Crippen LogP) is 4.29. The molecule has 0 spiro atoms. The molecule has 290 valence electrons. The lowest BCUT2D eigenvalue weighted by atomic mass is 9.37. The first-order valence-electron chi connectivity index (χ1n) is 19.7. The number of fused-ring (bicyclic) bond motifs is 3. The van der Waals surface area contributed by atoms with Crippen LogP contribution in [0.1, 0.15) is 120 Å². The van der Waals surface area contributed by atoms with E-state index in [0.717, 1.165) is 44.9 Å². The molecule has 0 amide bonds. The molecule has 17 unspecified atom stereocenters. The van der Waals surface area contributed by atoms with Gasteiger partial charge in [-0.1, -0.05) is 34.6 Å². The van der Waals surface area contributed by atoms with E-state index in [2.05, 4.69) is 34.6 Å². The minimum Gasteiger partial charge on any atom is -0.463 e. The van der Waals surface area contributed by atoms with Crippen LogP contribution in [0.15, 0.2) is 0 Å². The number of hydrogen-bond acceptors (Lipinski definition) is 11. The number of rotatable bonds is 9. The molecule has 4 N–H and O–H groups in total. The molecule has 11 nitrogen and oxygen atoms in total. The second kappa shape index (κ2) is 12.3. The fourth-order valence-electron chi connectivity index (χ4n) is 14.1. The zero-order chi connectivity index (χ0) is 37.3. The first-order chi connectivity index (χ1) is 23.7. The van der Waals surface area contributed by atoms with Crippen molar-refractivity contribution in [3.8, 4) is 0 Å². The molecule has 51 heavy (non-hydrogen) atoms. The summed E-state index contributed by atoms with van der Waals surface area (Å²) in [6.07, 6.45) is 0.542. The molecule has 0 aromatic heterocycles. The molecule has 17 atom stereocenters. The standard InChI is InChI=1S/C40H64O11/c1-20(16-24(43)33-36(6,7)51-33)23-10-15-40-19-39(23,40)14-11-26-37(8)13-12-28(48-22(3)42)35(4,5)27(37)17-29(38(26,40)9)50-34-32(46)31(45)30(44)25(49-34)18-47-21(2)41/h20,23-34,43-46H,10-19H2,1-9H3. The smallest absolute Gasteiger partial charge is 0.302 e. The second-order valence-corrected chi connectivity index (χ2v) is 19.6. The molecular formula is C40H64O11. The van der Waals surface area contributed by atoms with Gasteiger partial charge in [-0.3, -0.25) is 9.59 Å². The van der Waals surface area contributed by atoms with Crippen LogP contribution in [-0.2, 0) is 33.3 Å². The molecular weight excluding hydrogens is 656 g/mol. The van der Waals surface area contributed by atoms with Crippen LogP contribution in [0.25, 0.3) is 0 Å². The van der Waals surface area contributed by atoms with Gasteiger partial charge in [-0.2, -0.15) is 0 Å². The molecule has 0 bridgehead atoms. The van der Waals surface area contributed by atoms with E-state index in [1.54, 1.807) is 0 Å². The summed E-state index contributed by atoms with van der Waals surface area (Å²) in [5.41, 5.74) is -0.829. The Labute approximate surface area is 303 Å². The van der Waals surface area contributed by atoms with E-state index in [9.17, 15) is 30.0 Å². The minimum absolute atomic E-state index is 0.00651. The van der Waals surface area contributed by atoms with Crippen LogP contribution in [0.4, 0.5) is 0 Å². The van der Waals surface area contributed by atoms with E-state index < -0.39 is 42.8 Å². The van der Waals surface area contributed by atoms with Crippen LogP contribution >= 0.6 is 0 Å². The van der Waals surface area contributed by atoms with Crippen molar-refractivity contribution in [2.75, 3.05) is 6.61 Å². The van der Waals surface area contributed by atoms with Gasteiger partial charge in [-0.25, -0.2) is 0 Å². The van der Waals surface area contributed by atoms with E-state index in [1.807, 2.05) is 13.8 Å². The van der Waals surface area contributed by atoms with Crippen molar-refractivity contribution in [3.05, 3.63) is 0 Å². The summed E-state index contributed by atoms with van der Waals surface area (Å²) < 4.78 is 30.2. The van der Waals surface area contributed by atoms with Crippen molar-refractivity contribution in [1.82, 2.24) is 0 Å². The largest absolute Gasteiger partial charge is 0.463 e. The van der Waals surface area contributed by atoms with Crippen LogP contribution in [0.5, 0.6) is 0 Å². The van der Waals surface area contributed by atoms with Gasteiger partial charge in [-0.05, 0) is 112 Å². The van der Waals surface area contributed by atoms with Crippen LogP contribution in [0, 0.1) is 50.7 Å². The minimum atomic E-state index is -1.55. The topological polar surface area (TPSA) is 165 Å². The SMILES string of the molecule is CC(=O)OCC1OC(OC2CC3C(C)(C)C(OC(C)=O)CCC3(C)C3CCC45CC4(CCC5C(C)CC(O)C4OC4(C)C)C23C)C(O)C(O)C1O. The van der Waals surface area contributed by atoms with Crippen molar-refractivity contribution in [1.29, 1.82) is 0 Å². The van der Waals surface area contributed by atoms with Gasteiger partial charge in [0.05, 0.1) is 17.8 Å². The summed E-state index contributed by atoms with van der Waals surface area (Å²) in [7, 11) is 0. The fraction of sp³-hybridized carbons (Fsp3) is 0.950. The Morgan fingerprint density at radius 2 is 1.55 bits per heavy atom. The average molecular weight is 721 g/mol. The lowest BCUT2D eigenvalue weighted by Gasteiger charge is -2.69. The molecule has 2 saturated heterocycles. The third-order valence-electron chi connectivity index (χ3n) is 16.5. The summed E-state index contributed by atoms with van der Waals surface area (Å²) in [5.74, 6) is 0.407. The highest BCUT2D eigenvalue weighted by molar-refractivity contribution is 5.66. The zero-order valence-electron chi connectivity index (χ0n) is 32.2. The predicted molar refractivity (Wildman–Crippen MR) is 185 cm³/mol. The Kier molecular flexibility index (Phi) is 9.18. The maximum atomic E-state index is 12.3. The molecule has 7 rings (SSSR count). The Morgan fingerprint density at radius 3 is 2.18 bits per heavy atom. The molecule has 0 aromatic rings. The third-order valence-corrected chi connectivity index (χ3v) is 16.5. The van der Waals surface area contributed by atoms with E-state index in [4.69, 9.17) is 23.7 Å². The number of ether oxygens (including phenoxy) is 5. The summed E-state index contributed by atoms with van der Waals surface area (Å²) in [6, 6.07) is 0.